The van der Waals surface area contributed by atoms with Gasteiger partial charge in [-0.05, 0) is 18.9 Å². The van der Waals surface area contributed by atoms with Crippen molar-refractivity contribution in [2.75, 3.05) is 25.2 Å². The first-order valence-corrected chi connectivity index (χ1v) is 6.87. The van der Waals surface area contributed by atoms with Crippen LogP contribution in [0.25, 0.3) is 0 Å². The lowest BCUT2D eigenvalue weighted by atomic mass is 10.1. The minimum Gasteiger partial charge on any atom is -0.497 e. The Morgan fingerprint density at radius 1 is 1.45 bits per heavy atom. The molecule has 2 rings (SSSR count). The van der Waals surface area contributed by atoms with E-state index in [-0.39, 0.29) is 23.3 Å². The summed E-state index contributed by atoms with van der Waals surface area (Å²) in [6.07, 6.45) is 3.96. The van der Waals surface area contributed by atoms with Crippen molar-refractivity contribution in [2.24, 2.45) is 0 Å². The number of anilines is 1. The van der Waals surface area contributed by atoms with Crippen molar-refractivity contribution in [2.45, 2.75) is 31.7 Å². The topological polar surface area (TPSA) is 75.8 Å². The summed E-state index contributed by atoms with van der Waals surface area (Å²) in [4.78, 5) is 12.8. The molecule has 1 heterocycles. The number of ether oxygens (including phenoxy) is 1. The van der Waals surface area contributed by atoms with Gasteiger partial charge in [0.25, 0.3) is 5.69 Å². The summed E-state index contributed by atoms with van der Waals surface area (Å²) in [6.45, 7) is 0.730. The normalized spacial score (nSPS) is 19.5. The highest BCUT2D eigenvalue weighted by molar-refractivity contribution is 5.66. The van der Waals surface area contributed by atoms with Gasteiger partial charge in [-0.2, -0.15) is 0 Å². The van der Waals surface area contributed by atoms with E-state index in [1.54, 1.807) is 12.1 Å². The maximum atomic E-state index is 11.2. The molecule has 6 nitrogen and oxygen atoms in total. The van der Waals surface area contributed by atoms with Crippen LogP contribution in [-0.2, 0) is 0 Å². The molecule has 1 atom stereocenters. The Morgan fingerprint density at radius 3 is 2.90 bits per heavy atom. The van der Waals surface area contributed by atoms with Crippen molar-refractivity contribution in [3.63, 3.8) is 0 Å². The van der Waals surface area contributed by atoms with Crippen molar-refractivity contribution in [3.8, 4) is 5.75 Å². The fourth-order valence-electron chi connectivity index (χ4n) is 2.70. The summed E-state index contributed by atoms with van der Waals surface area (Å²) < 4.78 is 5.17. The molecule has 0 bridgehead atoms. The van der Waals surface area contributed by atoms with Crippen molar-refractivity contribution < 1.29 is 14.8 Å². The van der Waals surface area contributed by atoms with E-state index in [1.807, 2.05) is 4.90 Å². The van der Waals surface area contributed by atoms with Crippen molar-refractivity contribution in [1.82, 2.24) is 0 Å². The second kappa shape index (κ2) is 6.56. The van der Waals surface area contributed by atoms with E-state index in [4.69, 9.17) is 4.74 Å². The van der Waals surface area contributed by atoms with E-state index in [1.165, 1.54) is 13.2 Å². The van der Waals surface area contributed by atoms with Gasteiger partial charge in [0, 0.05) is 18.7 Å². The Bertz CT molecular complexity index is 478. The van der Waals surface area contributed by atoms with Crippen LogP contribution in [0.4, 0.5) is 11.4 Å². The van der Waals surface area contributed by atoms with Gasteiger partial charge in [-0.1, -0.05) is 12.8 Å². The van der Waals surface area contributed by atoms with Crippen molar-refractivity contribution in [1.29, 1.82) is 0 Å². The first kappa shape index (κ1) is 14.6. The van der Waals surface area contributed by atoms with Crippen LogP contribution < -0.4 is 9.64 Å². The lowest BCUT2D eigenvalue weighted by Gasteiger charge is -2.30. The molecule has 0 aromatic heterocycles. The third-order valence-corrected chi connectivity index (χ3v) is 3.78. The number of aliphatic hydroxyl groups excluding tert-OH is 1. The van der Waals surface area contributed by atoms with E-state index in [9.17, 15) is 15.2 Å². The molecule has 1 unspecified atom stereocenters. The lowest BCUT2D eigenvalue weighted by molar-refractivity contribution is -0.384. The Kier molecular flexibility index (Phi) is 4.79. The second-order valence-electron chi connectivity index (χ2n) is 4.99. The average molecular weight is 280 g/mol. The highest BCUT2D eigenvalue weighted by atomic mass is 16.6. The Labute approximate surface area is 118 Å². The largest absolute Gasteiger partial charge is 0.497 e. The zero-order valence-corrected chi connectivity index (χ0v) is 11.6. The number of benzene rings is 1. The zero-order chi connectivity index (χ0) is 14.5. The molecule has 0 radical (unpaired) electrons. The molecule has 0 aliphatic carbocycles. The summed E-state index contributed by atoms with van der Waals surface area (Å²) in [7, 11) is 1.54. The van der Waals surface area contributed by atoms with Crippen LogP contribution in [-0.4, -0.2) is 36.3 Å². The summed E-state index contributed by atoms with van der Waals surface area (Å²) in [5.74, 6) is 0.589. The van der Waals surface area contributed by atoms with Gasteiger partial charge in [0.1, 0.15) is 11.4 Å². The van der Waals surface area contributed by atoms with E-state index in [0.29, 0.717) is 11.4 Å². The molecule has 0 spiro atoms. The molecule has 0 saturated carbocycles. The SMILES string of the molecule is COc1ccc([N+](=O)[O-])c(N2CCCCCC2CO)c1. The molecule has 1 aliphatic rings. The summed E-state index contributed by atoms with van der Waals surface area (Å²) in [5.41, 5.74) is 0.599. The number of hydrogen-bond donors (Lipinski definition) is 1. The Hall–Kier alpha value is -1.82. The molecule has 6 heteroatoms. The summed E-state index contributed by atoms with van der Waals surface area (Å²) >= 11 is 0. The third-order valence-electron chi connectivity index (χ3n) is 3.78. The van der Waals surface area contributed by atoms with Gasteiger partial charge in [-0.25, -0.2) is 0 Å². The standard InChI is InChI=1S/C14H20N2O4/c1-20-12-6-7-13(16(18)19)14(9-12)15-8-4-2-3-5-11(15)10-17/h6-7,9,11,17H,2-5,8,10H2,1H3. The molecule has 110 valence electrons. The lowest BCUT2D eigenvalue weighted by Crippen LogP contribution is -2.37. The number of nitro benzene ring substituents is 1. The number of methoxy groups -OCH3 is 1. The molecule has 0 amide bonds. The molecule has 1 fully saturated rings. The van der Waals surface area contributed by atoms with Gasteiger partial charge in [0.05, 0.1) is 24.7 Å². The van der Waals surface area contributed by atoms with Crippen LogP contribution in [0.3, 0.4) is 0 Å². The number of hydrogen-bond acceptors (Lipinski definition) is 5. The number of aliphatic hydroxyl groups is 1. The minimum absolute atomic E-state index is 0.00830. The fourth-order valence-corrected chi connectivity index (χ4v) is 2.70. The van der Waals surface area contributed by atoms with Crippen LogP contribution in [0, 0.1) is 10.1 Å². The number of rotatable bonds is 4. The maximum absolute atomic E-state index is 11.2. The number of nitro groups is 1. The van der Waals surface area contributed by atoms with E-state index in [2.05, 4.69) is 0 Å². The van der Waals surface area contributed by atoms with Gasteiger partial charge < -0.3 is 14.7 Å². The van der Waals surface area contributed by atoms with E-state index in [0.717, 1.165) is 32.2 Å². The maximum Gasteiger partial charge on any atom is 0.292 e. The monoisotopic (exact) mass is 280 g/mol. The molecule has 20 heavy (non-hydrogen) atoms. The molecule has 1 N–H and O–H groups in total. The van der Waals surface area contributed by atoms with Gasteiger partial charge in [0.15, 0.2) is 0 Å². The fraction of sp³-hybridized carbons (Fsp3) is 0.571. The quantitative estimate of drug-likeness (QED) is 0.676. The smallest absolute Gasteiger partial charge is 0.292 e. The number of nitrogens with zero attached hydrogens (tertiary/aromatic N) is 2. The molecule has 1 aliphatic heterocycles. The Balaban J connectivity index is 2.43. The van der Waals surface area contributed by atoms with Gasteiger partial charge in [0.2, 0.25) is 0 Å². The van der Waals surface area contributed by atoms with Crippen molar-refractivity contribution >= 4 is 11.4 Å². The molecular formula is C14H20N2O4. The molecule has 1 saturated heterocycles. The van der Waals surface area contributed by atoms with Crippen LogP contribution in [0.5, 0.6) is 5.75 Å². The first-order valence-electron chi connectivity index (χ1n) is 6.87. The van der Waals surface area contributed by atoms with Crippen LogP contribution in [0.15, 0.2) is 18.2 Å². The predicted molar refractivity (Wildman–Crippen MR) is 76.3 cm³/mol. The average Bonchev–Trinajstić information content (AvgIpc) is 2.71. The van der Waals surface area contributed by atoms with Gasteiger partial charge in [-0.3, -0.25) is 10.1 Å². The third kappa shape index (κ3) is 3.01. The minimum atomic E-state index is -0.381. The Morgan fingerprint density at radius 2 is 2.25 bits per heavy atom. The molecular weight excluding hydrogens is 260 g/mol. The zero-order valence-electron chi connectivity index (χ0n) is 11.6. The van der Waals surface area contributed by atoms with Gasteiger partial charge >= 0.3 is 0 Å². The molecule has 1 aromatic carbocycles. The molecule has 1 aromatic rings. The second-order valence-corrected chi connectivity index (χ2v) is 4.99. The highest BCUT2D eigenvalue weighted by Crippen LogP contribution is 2.35. The predicted octanol–water partition coefficient (Wildman–Crippen LogP) is 2.34. The summed E-state index contributed by atoms with van der Waals surface area (Å²) in [5, 5.41) is 20.8. The van der Waals surface area contributed by atoms with Crippen LogP contribution >= 0.6 is 0 Å². The highest BCUT2D eigenvalue weighted by Gasteiger charge is 2.27. The van der Waals surface area contributed by atoms with Gasteiger partial charge in [-0.15, -0.1) is 0 Å². The summed E-state index contributed by atoms with van der Waals surface area (Å²) in [6, 6.07) is 4.68. The van der Waals surface area contributed by atoms with E-state index >= 15 is 0 Å². The van der Waals surface area contributed by atoms with E-state index < -0.39 is 0 Å². The van der Waals surface area contributed by atoms with Crippen LogP contribution in [0.2, 0.25) is 0 Å². The van der Waals surface area contributed by atoms with Crippen LogP contribution in [0.1, 0.15) is 25.7 Å². The first-order chi connectivity index (χ1) is 9.67. The van der Waals surface area contributed by atoms with Crippen molar-refractivity contribution in [3.05, 3.63) is 28.3 Å².